The number of rotatable bonds is 7. The third-order valence-corrected chi connectivity index (χ3v) is 3.92. The van der Waals surface area contributed by atoms with Gasteiger partial charge in [-0.2, -0.15) is 0 Å². The van der Waals surface area contributed by atoms with Gasteiger partial charge in [0.05, 0.1) is 0 Å². The maximum Gasteiger partial charge on any atom is 0.274 e. The lowest BCUT2D eigenvalue weighted by molar-refractivity contribution is 0.102. The molecule has 5 nitrogen and oxygen atoms in total. The number of nitrogens with zero attached hydrogens (tertiary/aromatic N) is 3. The van der Waals surface area contributed by atoms with E-state index in [-0.39, 0.29) is 5.91 Å². The summed E-state index contributed by atoms with van der Waals surface area (Å²) in [6.07, 6.45) is 3.19. The van der Waals surface area contributed by atoms with Crippen LogP contribution in [0, 0.1) is 6.92 Å². The van der Waals surface area contributed by atoms with Crippen molar-refractivity contribution >= 4 is 17.4 Å². The van der Waals surface area contributed by atoms with Crippen LogP contribution in [0.2, 0.25) is 0 Å². The summed E-state index contributed by atoms with van der Waals surface area (Å²) in [4.78, 5) is 23.3. The van der Waals surface area contributed by atoms with Gasteiger partial charge in [-0.15, -0.1) is 0 Å². The number of hydrogen-bond acceptors (Lipinski definition) is 4. The third kappa shape index (κ3) is 4.78. The lowest BCUT2D eigenvalue weighted by atomic mass is 10.1. The molecular formula is C19H26N4O. The fourth-order valence-electron chi connectivity index (χ4n) is 2.39. The second kappa shape index (κ2) is 8.43. The quantitative estimate of drug-likeness (QED) is 0.840. The number of carbonyl (C=O) groups excluding carboxylic acids is 1. The normalized spacial score (nSPS) is 10.5. The van der Waals surface area contributed by atoms with Gasteiger partial charge in [0.15, 0.2) is 0 Å². The van der Waals surface area contributed by atoms with Crippen molar-refractivity contribution in [3.8, 4) is 0 Å². The van der Waals surface area contributed by atoms with Gasteiger partial charge in [0.2, 0.25) is 0 Å². The Morgan fingerprint density at radius 1 is 1.17 bits per heavy atom. The summed E-state index contributed by atoms with van der Waals surface area (Å²) in [5.74, 6) is 1.17. The monoisotopic (exact) mass is 326 g/mol. The molecule has 2 aromatic rings. The number of aromatic nitrogens is 2. The van der Waals surface area contributed by atoms with Crippen molar-refractivity contribution in [1.82, 2.24) is 9.97 Å². The molecule has 128 valence electrons. The van der Waals surface area contributed by atoms with E-state index >= 15 is 0 Å². The zero-order chi connectivity index (χ0) is 17.5. The Labute approximate surface area is 144 Å². The zero-order valence-corrected chi connectivity index (χ0v) is 15.0. The zero-order valence-electron chi connectivity index (χ0n) is 15.0. The molecule has 0 aliphatic rings. The van der Waals surface area contributed by atoms with Crippen LogP contribution in [0.1, 0.15) is 48.6 Å². The van der Waals surface area contributed by atoms with E-state index in [9.17, 15) is 4.79 Å². The number of benzene rings is 1. The van der Waals surface area contributed by atoms with Gasteiger partial charge in [-0.1, -0.05) is 32.4 Å². The number of aryl methyl sites for hydroxylation is 2. The van der Waals surface area contributed by atoms with Crippen LogP contribution in [-0.4, -0.2) is 29.5 Å². The molecule has 0 radical (unpaired) electrons. The van der Waals surface area contributed by atoms with E-state index in [2.05, 4.69) is 34.0 Å². The molecule has 0 spiro atoms. The average molecular weight is 326 g/mol. The second-order valence-corrected chi connectivity index (χ2v) is 5.94. The van der Waals surface area contributed by atoms with Gasteiger partial charge in [-0.25, -0.2) is 9.97 Å². The van der Waals surface area contributed by atoms with Gasteiger partial charge in [-0.3, -0.25) is 4.79 Å². The molecule has 0 aliphatic heterocycles. The molecule has 0 saturated heterocycles. The number of hydrogen-bond donors (Lipinski definition) is 1. The Morgan fingerprint density at radius 2 is 1.88 bits per heavy atom. The van der Waals surface area contributed by atoms with Crippen LogP contribution in [0.25, 0.3) is 0 Å². The van der Waals surface area contributed by atoms with E-state index < -0.39 is 0 Å². The highest BCUT2D eigenvalue weighted by molar-refractivity contribution is 6.03. The fourth-order valence-corrected chi connectivity index (χ4v) is 2.39. The molecule has 1 heterocycles. The highest BCUT2D eigenvalue weighted by Crippen LogP contribution is 2.15. The second-order valence-electron chi connectivity index (χ2n) is 5.94. The minimum Gasteiger partial charge on any atom is -0.360 e. The fraction of sp³-hybridized carbons (Fsp3) is 0.421. The van der Waals surface area contributed by atoms with Gasteiger partial charge in [0.1, 0.15) is 17.3 Å². The number of carbonyl (C=O) groups is 1. The molecule has 1 N–H and O–H groups in total. The highest BCUT2D eigenvalue weighted by atomic mass is 16.1. The summed E-state index contributed by atoms with van der Waals surface area (Å²) in [5.41, 5.74) is 2.40. The smallest absolute Gasteiger partial charge is 0.274 e. The van der Waals surface area contributed by atoms with Crippen molar-refractivity contribution in [2.75, 3.05) is 23.8 Å². The molecule has 0 atom stereocenters. The van der Waals surface area contributed by atoms with Gasteiger partial charge in [0.25, 0.3) is 5.91 Å². The van der Waals surface area contributed by atoms with Gasteiger partial charge in [0, 0.05) is 25.3 Å². The maximum absolute atomic E-state index is 12.5. The number of amides is 1. The number of unbranched alkanes of at least 4 members (excludes halogenated alkanes) is 1. The van der Waals surface area contributed by atoms with Crippen LogP contribution < -0.4 is 10.2 Å². The number of nitrogens with one attached hydrogen (secondary N) is 1. The molecule has 1 aromatic heterocycles. The van der Waals surface area contributed by atoms with Gasteiger partial charge < -0.3 is 10.2 Å². The summed E-state index contributed by atoms with van der Waals surface area (Å²) in [5, 5.41) is 2.90. The molecule has 0 aliphatic carbocycles. The Morgan fingerprint density at radius 3 is 2.50 bits per heavy atom. The SMILES string of the molecule is CCCCN(C)c1cc(C(=O)Nc2ccc(CC)cc2)nc(C)n1. The van der Waals surface area contributed by atoms with E-state index in [1.54, 1.807) is 6.07 Å². The standard InChI is InChI=1S/C19H26N4O/c1-5-7-12-23(4)18-13-17(20-14(3)21-18)19(24)22-16-10-8-15(6-2)9-11-16/h8-11,13H,5-7,12H2,1-4H3,(H,22,24). The summed E-state index contributed by atoms with van der Waals surface area (Å²) in [6.45, 7) is 6.98. The van der Waals surface area contributed by atoms with Crippen LogP contribution in [0.15, 0.2) is 30.3 Å². The molecule has 0 bridgehead atoms. The summed E-state index contributed by atoms with van der Waals surface area (Å²) >= 11 is 0. The van der Waals surface area contributed by atoms with E-state index in [1.807, 2.05) is 38.2 Å². The Bertz CT molecular complexity index is 682. The molecule has 2 rings (SSSR count). The summed E-state index contributed by atoms with van der Waals surface area (Å²) < 4.78 is 0. The minimum atomic E-state index is -0.213. The molecule has 0 unspecified atom stereocenters. The third-order valence-electron chi connectivity index (χ3n) is 3.92. The lowest BCUT2D eigenvalue weighted by Crippen LogP contribution is -2.22. The maximum atomic E-state index is 12.5. The molecule has 1 aromatic carbocycles. The van der Waals surface area contributed by atoms with Crippen molar-refractivity contribution < 1.29 is 4.79 Å². The van der Waals surface area contributed by atoms with Crippen molar-refractivity contribution in [2.24, 2.45) is 0 Å². The van der Waals surface area contributed by atoms with E-state index in [4.69, 9.17) is 0 Å². The van der Waals surface area contributed by atoms with Crippen LogP contribution >= 0.6 is 0 Å². The largest absolute Gasteiger partial charge is 0.360 e. The van der Waals surface area contributed by atoms with Crippen molar-refractivity contribution in [2.45, 2.75) is 40.0 Å². The molecule has 1 amide bonds. The lowest BCUT2D eigenvalue weighted by Gasteiger charge is -2.18. The first kappa shape index (κ1) is 17.9. The molecule has 0 fully saturated rings. The summed E-state index contributed by atoms with van der Waals surface area (Å²) in [7, 11) is 1.99. The van der Waals surface area contributed by atoms with Crippen molar-refractivity contribution in [3.63, 3.8) is 0 Å². The van der Waals surface area contributed by atoms with E-state index in [1.165, 1.54) is 5.56 Å². The Kier molecular flexibility index (Phi) is 6.29. The van der Waals surface area contributed by atoms with Crippen molar-refractivity contribution in [3.05, 3.63) is 47.4 Å². The van der Waals surface area contributed by atoms with Crippen molar-refractivity contribution in [1.29, 1.82) is 0 Å². The van der Waals surface area contributed by atoms with Gasteiger partial charge >= 0.3 is 0 Å². The predicted molar refractivity (Wildman–Crippen MR) is 98.7 cm³/mol. The average Bonchev–Trinajstić information content (AvgIpc) is 2.59. The molecule has 24 heavy (non-hydrogen) atoms. The van der Waals surface area contributed by atoms with E-state index in [0.29, 0.717) is 11.5 Å². The minimum absolute atomic E-state index is 0.213. The Hall–Kier alpha value is -2.43. The topological polar surface area (TPSA) is 58.1 Å². The molecule has 5 heteroatoms. The van der Waals surface area contributed by atoms with E-state index in [0.717, 1.165) is 37.3 Å². The first-order valence-corrected chi connectivity index (χ1v) is 8.50. The predicted octanol–water partition coefficient (Wildman–Crippen LogP) is 3.84. The first-order valence-electron chi connectivity index (χ1n) is 8.50. The van der Waals surface area contributed by atoms with Crippen LogP contribution in [-0.2, 0) is 6.42 Å². The summed E-state index contributed by atoms with van der Waals surface area (Å²) in [6, 6.07) is 9.62. The Balaban J connectivity index is 2.14. The number of anilines is 2. The van der Waals surface area contributed by atoms with Crippen LogP contribution in [0.5, 0.6) is 0 Å². The highest BCUT2D eigenvalue weighted by Gasteiger charge is 2.13. The first-order chi connectivity index (χ1) is 11.5. The molecular weight excluding hydrogens is 300 g/mol. The van der Waals surface area contributed by atoms with Crippen LogP contribution in [0.4, 0.5) is 11.5 Å². The molecule has 0 saturated carbocycles. The van der Waals surface area contributed by atoms with Crippen LogP contribution in [0.3, 0.4) is 0 Å². The van der Waals surface area contributed by atoms with Gasteiger partial charge in [-0.05, 0) is 37.5 Å².